The number of nitrogens with one attached hydrogen (secondary N) is 2. The lowest BCUT2D eigenvalue weighted by molar-refractivity contribution is 0.512. The maximum absolute atomic E-state index is 11.4. The summed E-state index contributed by atoms with van der Waals surface area (Å²) in [5.74, 6) is 1.62. The van der Waals surface area contributed by atoms with E-state index in [1.807, 2.05) is 13.0 Å². The van der Waals surface area contributed by atoms with Crippen LogP contribution in [0, 0.1) is 0 Å². The minimum absolute atomic E-state index is 0. The first-order chi connectivity index (χ1) is 9.07. The Morgan fingerprint density at radius 2 is 2.10 bits per heavy atom. The summed E-state index contributed by atoms with van der Waals surface area (Å²) in [4.78, 5) is 4.31. The van der Waals surface area contributed by atoms with Crippen molar-refractivity contribution in [1.29, 1.82) is 0 Å². The number of guanidine groups is 1. The van der Waals surface area contributed by atoms with E-state index in [-0.39, 0.29) is 35.5 Å². The van der Waals surface area contributed by atoms with Gasteiger partial charge in [0.1, 0.15) is 12.3 Å². The third kappa shape index (κ3) is 7.73. The summed E-state index contributed by atoms with van der Waals surface area (Å²) in [6.45, 7) is 5.08. The van der Waals surface area contributed by atoms with E-state index in [0.29, 0.717) is 25.6 Å². The molecule has 0 unspecified atom stereocenters. The van der Waals surface area contributed by atoms with Crippen LogP contribution in [0.4, 0.5) is 0 Å². The first kappa shape index (κ1) is 19.2. The molecule has 0 radical (unpaired) electrons. The number of rotatable bonds is 7. The Bertz CT molecular complexity index is 486. The van der Waals surface area contributed by atoms with Gasteiger partial charge in [-0.25, -0.2) is 13.4 Å². The van der Waals surface area contributed by atoms with E-state index >= 15 is 0 Å². The molecule has 1 aromatic rings. The van der Waals surface area contributed by atoms with Gasteiger partial charge < -0.3 is 15.1 Å². The number of furan rings is 1. The summed E-state index contributed by atoms with van der Waals surface area (Å²) in [6, 6.07) is 3.65. The number of sulfone groups is 1. The second kappa shape index (κ2) is 10.0. The van der Waals surface area contributed by atoms with Crippen molar-refractivity contribution in [2.45, 2.75) is 20.4 Å². The first-order valence-electron chi connectivity index (χ1n) is 6.32. The molecule has 2 N–H and O–H groups in total. The molecule has 1 heterocycles. The van der Waals surface area contributed by atoms with Gasteiger partial charge in [-0.05, 0) is 19.1 Å². The van der Waals surface area contributed by atoms with E-state index in [1.165, 1.54) is 0 Å². The highest BCUT2D eigenvalue weighted by Crippen LogP contribution is 2.00. The molecule has 20 heavy (non-hydrogen) atoms. The van der Waals surface area contributed by atoms with Gasteiger partial charge in [0, 0.05) is 18.8 Å². The molecule has 0 aromatic carbocycles. The molecule has 0 aliphatic heterocycles. The zero-order valence-electron chi connectivity index (χ0n) is 11.8. The van der Waals surface area contributed by atoms with Crippen molar-refractivity contribution in [3.63, 3.8) is 0 Å². The Labute approximate surface area is 137 Å². The number of aliphatic imine (C=N–C) groups is 1. The lowest BCUT2D eigenvalue weighted by Gasteiger charge is -2.10. The van der Waals surface area contributed by atoms with Gasteiger partial charge in [0.2, 0.25) is 0 Å². The molecule has 0 spiro atoms. The van der Waals surface area contributed by atoms with Gasteiger partial charge in [0.25, 0.3) is 0 Å². The van der Waals surface area contributed by atoms with Gasteiger partial charge in [0.05, 0.1) is 12.0 Å². The van der Waals surface area contributed by atoms with Crippen molar-refractivity contribution in [3.8, 4) is 0 Å². The summed E-state index contributed by atoms with van der Waals surface area (Å²) in [5, 5.41) is 6.04. The quantitative estimate of drug-likeness (QED) is 0.400. The number of halogens is 1. The molecule has 0 fully saturated rings. The van der Waals surface area contributed by atoms with Crippen molar-refractivity contribution >= 4 is 39.8 Å². The maximum Gasteiger partial charge on any atom is 0.191 e. The molecule has 0 amide bonds. The van der Waals surface area contributed by atoms with Crippen molar-refractivity contribution in [2.24, 2.45) is 4.99 Å². The highest BCUT2D eigenvalue weighted by Gasteiger charge is 2.07. The highest BCUT2D eigenvalue weighted by atomic mass is 127. The molecule has 1 aromatic heterocycles. The second-order valence-electron chi connectivity index (χ2n) is 3.94. The lowest BCUT2D eigenvalue weighted by Crippen LogP contribution is -2.39. The summed E-state index contributed by atoms with van der Waals surface area (Å²) >= 11 is 0. The largest absolute Gasteiger partial charge is 0.467 e. The predicted octanol–water partition coefficient (Wildman–Crippen LogP) is 1.39. The molecule has 8 heteroatoms. The monoisotopic (exact) mass is 415 g/mol. The van der Waals surface area contributed by atoms with Gasteiger partial charge in [-0.1, -0.05) is 6.92 Å². The molecular weight excluding hydrogens is 393 g/mol. The van der Waals surface area contributed by atoms with Crippen molar-refractivity contribution in [3.05, 3.63) is 24.2 Å². The molecular formula is C12H22IN3O3S. The molecule has 1 rings (SSSR count). The van der Waals surface area contributed by atoms with Crippen LogP contribution in [-0.4, -0.2) is 39.0 Å². The normalized spacial score (nSPS) is 11.8. The molecule has 0 atom stereocenters. The predicted molar refractivity (Wildman–Crippen MR) is 91.3 cm³/mol. The minimum atomic E-state index is -2.95. The summed E-state index contributed by atoms with van der Waals surface area (Å²) in [6.07, 6.45) is 1.60. The fourth-order valence-corrected chi connectivity index (χ4v) is 2.07. The second-order valence-corrected chi connectivity index (χ2v) is 6.41. The smallest absolute Gasteiger partial charge is 0.191 e. The van der Waals surface area contributed by atoms with Crippen LogP contribution in [0.1, 0.15) is 19.6 Å². The summed E-state index contributed by atoms with van der Waals surface area (Å²) < 4.78 is 27.9. The molecule has 0 bridgehead atoms. The fraction of sp³-hybridized carbons (Fsp3) is 0.583. The summed E-state index contributed by atoms with van der Waals surface area (Å²) in [5.41, 5.74) is 0. The van der Waals surface area contributed by atoms with E-state index in [9.17, 15) is 8.42 Å². The molecule has 0 aliphatic carbocycles. The van der Waals surface area contributed by atoms with Crippen LogP contribution in [0.2, 0.25) is 0 Å². The topological polar surface area (TPSA) is 83.7 Å². The van der Waals surface area contributed by atoms with Crippen LogP contribution in [0.25, 0.3) is 0 Å². The van der Waals surface area contributed by atoms with Crippen molar-refractivity contribution in [2.75, 3.05) is 24.6 Å². The van der Waals surface area contributed by atoms with E-state index < -0.39 is 9.84 Å². The fourth-order valence-electron chi connectivity index (χ4n) is 1.37. The van der Waals surface area contributed by atoms with E-state index in [4.69, 9.17) is 4.42 Å². The Kier molecular flexibility index (Phi) is 9.64. The van der Waals surface area contributed by atoms with Crippen molar-refractivity contribution < 1.29 is 12.8 Å². The average molecular weight is 415 g/mol. The standard InChI is InChI=1S/C12H21N3O3S.HI/c1-3-13-12(14-7-9-19(16,17)4-2)15-10-11-6-5-8-18-11;/h5-6,8H,3-4,7,9-10H2,1-2H3,(H2,13,14,15);1H. The van der Waals surface area contributed by atoms with Crippen molar-refractivity contribution in [1.82, 2.24) is 10.6 Å². The maximum atomic E-state index is 11.4. The van der Waals surface area contributed by atoms with Crippen LogP contribution in [0.15, 0.2) is 27.8 Å². The summed E-state index contributed by atoms with van der Waals surface area (Å²) in [7, 11) is -2.95. The molecule has 0 saturated heterocycles. The van der Waals surface area contributed by atoms with Gasteiger partial charge in [0.15, 0.2) is 15.8 Å². The number of hydrogen-bond donors (Lipinski definition) is 2. The zero-order valence-corrected chi connectivity index (χ0v) is 14.9. The Morgan fingerprint density at radius 3 is 2.65 bits per heavy atom. The number of hydrogen-bond acceptors (Lipinski definition) is 4. The Morgan fingerprint density at radius 1 is 1.35 bits per heavy atom. The highest BCUT2D eigenvalue weighted by molar-refractivity contribution is 14.0. The van der Waals surface area contributed by atoms with Crippen LogP contribution in [0.3, 0.4) is 0 Å². The first-order valence-corrected chi connectivity index (χ1v) is 8.14. The van der Waals surface area contributed by atoms with E-state index in [2.05, 4.69) is 15.6 Å². The van der Waals surface area contributed by atoms with Crippen LogP contribution in [-0.2, 0) is 16.4 Å². The third-order valence-corrected chi connectivity index (χ3v) is 4.17. The molecule has 0 saturated carbocycles. The van der Waals surface area contributed by atoms with Crippen LogP contribution >= 0.6 is 24.0 Å². The van der Waals surface area contributed by atoms with Crippen LogP contribution in [0.5, 0.6) is 0 Å². The third-order valence-electron chi connectivity index (χ3n) is 2.46. The lowest BCUT2D eigenvalue weighted by atomic mass is 10.4. The molecule has 6 nitrogen and oxygen atoms in total. The Hall–Kier alpha value is -0.770. The van der Waals surface area contributed by atoms with E-state index in [1.54, 1.807) is 19.3 Å². The van der Waals surface area contributed by atoms with Gasteiger partial charge >= 0.3 is 0 Å². The SMILES string of the molecule is CCNC(=NCc1ccco1)NCCS(=O)(=O)CC.I. The number of nitrogens with zero attached hydrogens (tertiary/aromatic N) is 1. The average Bonchev–Trinajstić information content (AvgIpc) is 2.89. The molecule has 116 valence electrons. The zero-order chi connectivity index (χ0) is 14.1. The Balaban J connectivity index is 0.00000361. The van der Waals surface area contributed by atoms with Crippen LogP contribution < -0.4 is 10.6 Å². The minimum Gasteiger partial charge on any atom is -0.467 e. The van der Waals surface area contributed by atoms with E-state index in [0.717, 1.165) is 5.76 Å². The van der Waals surface area contributed by atoms with Gasteiger partial charge in [-0.3, -0.25) is 0 Å². The van der Waals surface area contributed by atoms with Gasteiger partial charge in [-0.15, -0.1) is 24.0 Å². The van der Waals surface area contributed by atoms with Gasteiger partial charge in [-0.2, -0.15) is 0 Å². The molecule has 0 aliphatic rings.